The van der Waals surface area contributed by atoms with Crippen LogP contribution in [0.25, 0.3) is 0 Å². The number of amides is 1. The molecule has 0 aliphatic heterocycles. The van der Waals surface area contributed by atoms with Crippen LogP contribution in [0, 0.1) is 6.92 Å². The molecule has 4 heteroatoms. The molecule has 0 fully saturated rings. The quantitative estimate of drug-likeness (QED) is 0.851. The molecule has 0 radical (unpaired) electrons. The van der Waals surface area contributed by atoms with Gasteiger partial charge >= 0.3 is 0 Å². The second-order valence-electron chi connectivity index (χ2n) is 3.68. The number of rotatable bonds is 3. The van der Waals surface area contributed by atoms with Gasteiger partial charge in [-0.3, -0.25) is 10.2 Å². The lowest BCUT2D eigenvalue weighted by Crippen LogP contribution is -2.37. The summed E-state index contributed by atoms with van der Waals surface area (Å²) < 4.78 is 1.00. The van der Waals surface area contributed by atoms with Crippen LogP contribution in [0.3, 0.4) is 0 Å². The van der Waals surface area contributed by atoms with Gasteiger partial charge in [0.25, 0.3) is 0 Å². The maximum absolute atomic E-state index is 11.5. The molecule has 0 saturated carbocycles. The van der Waals surface area contributed by atoms with Gasteiger partial charge in [-0.1, -0.05) is 22.0 Å². The van der Waals surface area contributed by atoms with Crippen molar-refractivity contribution in [3.8, 4) is 0 Å². The first kappa shape index (κ1) is 12.2. The van der Waals surface area contributed by atoms with Gasteiger partial charge in [0.2, 0.25) is 5.91 Å². The van der Waals surface area contributed by atoms with Gasteiger partial charge in [0.15, 0.2) is 0 Å². The summed E-state index contributed by atoms with van der Waals surface area (Å²) in [6.45, 7) is 2.00. The van der Waals surface area contributed by atoms with E-state index in [4.69, 9.17) is 0 Å². The van der Waals surface area contributed by atoms with Crippen LogP contribution in [-0.4, -0.2) is 25.0 Å². The van der Waals surface area contributed by atoms with Gasteiger partial charge in [0.1, 0.15) is 0 Å². The average Bonchev–Trinajstić information content (AvgIpc) is 2.10. The Hall–Kier alpha value is -0.870. The first-order valence-electron chi connectivity index (χ1n) is 4.71. The zero-order chi connectivity index (χ0) is 11.4. The molecule has 1 aromatic rings. The van der Waals surface area contributed by atoms with Crippen molar-refractivity contribution in [2.75, 3.05) is 14.1 Å². The molecule has 0 heterocycles. The Bertz CT molecular complexity index is 364. The van der Waals surface area contributed by atoms with Crippen molar-refractivity contribution in [1.29, 1.82) is 0 Å². The van der Waals surface area contributed by atoms with E-state index in [1.54, 1.807) is 19.1 Å². The number of carbonyl (C=O) groups is 1. The van der Waals surface area contributed by atoms with Crippen LogP contribution in [0.4, 0.5) is 0 Å². The van der Waals surface area contributed by atoms with E-state index >= 15 is 0 Å². The number of carbonyl (C=O) groups excluding carboxylic acids is 1. The van der Waals surface area contributed by atoms with Crippen molar-refractivity contribution in [1.82, 2.24) is 10.4 Å². The molecule has 1 N–H and O–H groups in total. The fourth-order valence-corrected chi connectivity index (χ4v) is 1.70. The molecule has 3 nitrogen and oxygen atoms in total. The fourth-order valence-electron chi connectivity index (χ4n) is 1.29. The topological polar surface area (TPSA) is 32.3 Å². The minimum Gasteiger partial charge on any atom is -0.289 e. The van der Waals surface area contributed by atoms with Gasteiger partial charge in [-0.05, 0) is 30.2 Å². The molecule has 1 aromatic carbocycles. The van der Waals surface area contributed by atoms with Crippen LogP contribution in [0.2, 0.25) is 0 Å². The maximum atomic E-state index is 11.5. The molecular formula is C11H15BrN2O. The lowest BCUT2D eigenvalue weighted by molar-refractivity contribution is -0.124. The van der Waals surface area contributed by atoms with E-state index in [0.717, 1.165) is 15.6 Å². The van der Waals surface area contributed by atoms with Crippen LogP contribution >= 0.6 is 15.9 Å². The Labute approximate surface area is 98.6 Å². The summed E-state index contributed by atoms with van der Waals surface area (Å²) in [5.74, 6) is 0.00111. The van der Waals surface area contributed by atoms with Crippen molar-refractivity contribution < 1.29 is 4.79 Å². The Balaban J connectivity index is 2.71. The van der Waals surface area contributed by atoms with Crippen LogP contribution in [0.15, 0.2) is 22.7 Å². The van der Waals surface area contributed by atoms with Crippen LogP contribution in [0.1, 0.15) is 11.1 Å². The summed E-state index contributed by atoms with van der Waals surface area (Å²) in [6.07, 6.45) is 0.406. The smallest absolute Gasteiger partial charge is 0.238 e. The molecule has 82 valence electrons. The van der Waals surface area contributed by atoms with Gasteiger partial charge < -0.3 is 0 Å². The highest BCUT2D eigenvalue weighted by Gasteiger charge is 2.06. The summed E-state index contributed by atoms with van der Waals surface area (Å²) >= 11 is 3.39. The second kappa shape index (κ2) is 5.28. The summed E-state index contributed by atoms with van der Waals surface area (Å²) in [5.41, 5.74) is 4.89. The zero-order valence-corrected chi connectivity index (χ0v) is 10.8. The second-order valence-corrected chi connectivity index (χ2v) is 4.59. The highest BCUT2D eigenvalue weighted by molar-refractivity contribution is 9.10. The molecule has 0 unspecified atom stereocenters. The minimum atomic E-state index is 0.00111. The lowest BCUT2D eigenvalue weighted by atomic mass is 10.1. The van der Waals surface area contributed by atoms with Gasteiger partial charge in [0.05, 0.1) is 6.42 Å². The summed E-state index contributed by atoms with van der Waals surface area (Å²) in [7, 11) is 3.59. The van der Waals surface area contributed by atoms with Crippen molar-refractivity contribution in [3.05, 3.63) is 33.8 Å². The third kappa shape index (κ3) is 4.01. The molecule has 0 aromatic heterocycles. The van der Waals surface area contributed by atoms with E-state index in [-0.39, 0.29) is 5.91 Å². The van der Waals surface area contributed by atoms with Crippen molar-refractivity contribution in [2.45, 2.75) is 13.3 Å². The number of halogens is 1. The van der Waals surface area contributed by atoms with Crippen LogP contribution < -0.4 is 5.43 Å². The normalized spacial score (nSPS) is 10.5. The molecule has 1 amide bonds. The highest BCUT2D eigenvalue weighted by Crippen LogP contribution is 2.16. The Morgan fingerprint density at radius 1 is 1.47 bits per heavy atom. The molecule has 0 saturated heterocycles. The molecule has 1 rings (SSSR count). The number of nitrogens with one attached hydrogen (secondary N) is 1. The average molecular weight is 271 g/mol. The van der Waals surface area contributed by atoms with Crippen molar-refractivity contribution in [2.24, 2.45) is 0 Å². The molecule has 0 atom stereocenters. The van der Waals surface area contributed by atoms with E-state index in [9.17, 15) is 4.79 Å². The van der Waals surface area contributed by atoms with Gasteiger partial charge in [-0.25, -0.2) is 5.01 Å². The number of hydrogen-bond acceptors (Lipinski definition) is 2. The van der Waals surface area contributed by atoms with Gasteiger partial charge in [-0.15, -0.1) is 0 Å². The first-order valence-corrected chi connectivity index (χ1v) is 5.50. The third-order valence-electron chi connectivity index (χ3n) is 2.01. The maximum Gasteiger partial charge on any atom is 0.238 e. The standard InChI is InChI=1S/C11H15BrN2O/c1-8-4-5-10(12)6-9(8)7-11(15)13-14(2)3/h4-6H,7H2,1-3H3,(H,13,15). The first-order chi connectivity index (χ1) is 6.99. The summed E-state index contributed by atoms with van der Waals surface area (Å²) in [6, 6.07) is 5.95. The predicted octanol–water partition coefficient (Wildman–Crippen LogP) is 1.89. The van der Waals surface area contributed by atoms with Gasteiger partial charge in [-0.2, -0.15) is 0 Å². The Morgan fingerprint density at radius 3 is 2.73 bits per heavy atom. The largest absolute Gasteiger partial charge is 0.289 e. The van der Waals surface area contributed by atoms with E-state index in [0.29, 0.717) is 6.42 Å². The van der Waals surface area contributed by atoms with E-state index in [2.05, 4.69) is 21.4 Å². The Morgan fingerprint density at radius 2 is 2.13 bits per heavy atom. The number of hydrogen-bond donors (Lipinski definition) is 1. The van der Waals surface area contributed by atoms with Crippen LogP contribution in [-0.2, 0) is 11.2 Å². The van der Waals surface area contributed by atoms with Gasteiger partial charge in [0, 0.05) is 18.6 Å². The molecule has 0 aliphatic rings. The number of benzene rings is 1. The third-order valence-corrected chi connectivity index (χ3v) is 2.50. The van der Waals surface area contributed by atoms with Crippen molar-refractivity contribution in [3.63, 3.8) is 0 Å². The summed E-state index contributed by atoms with van der Waals surface area (Å²) in [4.78, 5) is 11.5. The Kier molecular flexibility index (Phi) is 4.29. The molecular weight excluding hydrogens is 256 g/mol. The molecule has 0 spiro atoms. The molecule has 0 bridgehead atoms. The zero-order valence-electron chi connectivity index (χ0n) is 9.17. The highest BCUT2D eigenvalue weighted by atomic mass is 79.9. The predicted molar refractivity (Wildman–Crippen MR) is 64.4 cm³/mol. The van der Waals surface area contributed by atoms with Crippen LogP contribution in [0.5, 0.6) is 0 Å². The fraction of sp³-hybridized carbons (Fsp3) is 0.364. The van der Waals surface area contributed by atoms with E-state index < -0.39 is 0 Å². The molecule has 15 heavy (non-hydrogen) atoms. The van der Waals surface area contributed by atoms with E-state index in [1.807, 2.05) is 25.1 Å². The summed E-state index contributed by atoms with van der Waals surface area (Å²) in [5, 5.41) is 1.65. The SMILES string of the molecule is Cc1ccc(Br)cc1CC(=O)NN(C)C. The number of nitrogens with zero attached hydrogens (tertiary/aromatic N) is 1. The van der Waals surface area contributed by atoms with Crippen molar-refractivity contribution >= 4 is 21.8 Å². The minimum absolute atomic E-state index is 0.00111. The van der Waals surface area contributed by atoms with E-state index in [1.165, 1.54) is 0 Å². The molecule has 0 aliphatic carbocycles. The monoisotopic (exact) mass is 270 g/mol. The lowest BCUT2D eigenvalue weighted by Gasteiger charge is -2.12. The number of hydrazine groups is 1. The number of aryl methyl sites for hydroxylation is 1.